The minimum absolute atomic E-state index is 0.0831. The van der Waals surface area contributed by atoms with E-state index in [9.17, 15) is 12.8 Å². The molecule has 0 aliphatic carbocycles. The molecule has 2 fully saturated rings. The third-order valence-electron chi connectivity index (χ3n) is 5.62. The van der Waals surface area contributed by atoms with Gasteiger partial charge in [-0.15, -0.1) is 0 Å². The first kappa shape index (κ1) is 19.4. The smallest absolute Gasteiger partial charge is 0.298 e. The van der Waals surface area contributed by atoms with Crippen LogP contribution in [0.25, 0.3) is 11.1 Å². The fourth-order valence-corrected chi connectivity index (χ4v) is 5.87. The van der Waals surface area contributed by atoms with E-state index in [1.54, 1.807) is 23.1 Å². The van der Waals surface area contributed by atoms with Crippen LogP contribution < -0.4 is 4.90 Å². The molecule has 158 valence electrons. The Morgan fingerprint density at radius 2 is 1.93 bits per heavy atom. The van der Waals surface area contributed by atoms with E-state index in [-0.39, 0.29) is 43.6 Å². The molecule has 7 nitrogen and oxygen atoms in total. The van der Waals surface area contributed by atoms with Gasteiger partial charge in [-0.3, -0.25) is 0 Å². The van der Waals surface area contributed by atoms with Gasteiger partial charge in [0.1, 0.15) is 11.3 Å². The van der Waals surface area contributed by atoms with Gasteiger partial charge in [0.15, 0.2) is 17.5 Å². The Morgan fingerprint density at radius 1 is 1.13 bits per heavy atom. The highest BCUT2D eigenvalue weighted by atomic mass is 32.2. The van der Waals surface area contributed by atoms with Crippen LogP contribution in [0.4, 0.5) is 14.8 Å². The van der Waals surface area contributed by atoms with Crippen LogP contribution in [-0.2, 0) is 14.8 Å². The van der Waals surface area contributed by atoms with Crippen LogP contribution in [0.2, 0.25) is 0 Å². The Hall–Kier alpha value is -2.56. The van der Waals surface area contributed by atoms with Crippen LogP contribution in [0.5, 0.6) is 0 Å². The van der Waals surface area contributed by atoms with Crippen molar-refractivity contribution in [3.8, 4) is 0 Å². The summed E-state index contributed by atoms with van der Waals surface area (Å²) in [4.78, 5) is 5.93. The van der Waals surface area contributed by atoms with Crippen molar-refractivity contribution in [3.63, 3.8) is 0 Å². The number of benzene rings is 2. The average molecular weight is 435 g/mol. The van der Waals surface area contributed by atoms with E-state index < -0.39 is 27.7 Å². The summed E-state index contributed by atoms with van der Waals surface area (Å²) >= 11 is 0. The van der Waals surface area contributed by atoms with Gasteiger partial charge in [-0.05, 0) is 24.3 Å². The fraction of sp³-hybridized carbons (Fsp3) is 0.350. The van der Waals surface area contributed by atoms with Gasteiger partial charge in [0.05, 0.1) is 18.0 Å². The number of hydrogen-bond acceptors (Lipinski definition) is 6. The molecule has 30 heavy (non-hydrogen) atoms. The number of fused-ring (bicyclic) bond motifs is 1. The number of aromatic nitrogens is 1. The van der Waals surface area contributed by atoms with Crippen molar-refractivity contribution in [2.75, 3.05) is 31.1 Å². The molecule has 3 aromatic rings. The van der Waals surface area contributed by atoms with Gasteiger partial charge in [0, 0.05) is 25.6 Å². The van der Waals surface area contributed by atoms with E-state index in [1.165, 1.54) is 30.3 Å². The summed E-state index contributed by atoms with van der Waals surface area (Å²) in [6.45, 7) is 0.321. The molecule has 0 N–H and O–H groups in total. The molecule has 3 heterocycles. The van der Waals surface area contributed by atoms with Gasteiger partial charge in [0.2, 0.25) is 10.0 Å². The van der Waals surface area contributed by atoms with E-state index in [1.807, 2.05) is 0 Å². The first-order chi connectivity index (χ1) is 14.4. The Kier molecular flexibility index (Phi) is 4.53. The van der Waals surface area contributed by atoms with E-state index in [4.69, 9.17) is 9.15 Å². The second-order valence-corrected chi connectivity index (χ2v) is 9.22. The molecule has 2 saturated heterocycles. The molecule has 1 aromatic heterocycles. The number of halogens is 2. The molecule has 2 aromatic carbocycles. The highest BCUT2D eigenvalue weighted by molar-refractivity contribution is 7.89. The number of anilines is 1. The number of sulfonamides is 1. The molecule has 2 atom stereocenters. The number of rotatable bonds is 3. The Balaban J connectivity index is 1.42. The van der Waals surface area contributed by atoms with Crippen molar-refractivity contribution in [2.24, 2.45) is 0 Å². The number of piperidine rings is 1. The Morgan fingerprint density at radius 3 is 2.70 bits per heavy atom. The second-order valence-electron chi connectivity index (χ2n) is 7.36. The van der Waals surface area contributed by atoms with Gasteiger partial charge < -0.3 is 14.1 Å². The maximum atomic E-state index is 15.5. The molecule has 0 amide bonds. The molecule has 0 bridgehead atoms. The summed E-state index contributed by atoms with van der Waals surface area (Å²) in [5.41, 5.74) is -0.831. The monoisotopic (exact) mass is 435 g/mol. The molecule has 10 heteroatoms. The highest BCUT2D eigenvalue weighted by Gasteiger charge is 2.57. The number of oxazole rings is 1. The van der Waals surface area contributed by atoms with Crippen molar-refractivity contribution in [1.29, 1.82) is 0 Å². The predicted octanol–water partition coefficient (Wildman–Crippen LogP) is 2.93. The minimum atomic E-state index is -3.92. The van der Waals surface area contributed by atoms with Crippen molar-refractivity contribution < 1.29 is 26.4 Å². The van der Waals surface area contributed by atoms with Crippen molar-refractivity contribution >= 4 is 27.1 Å². The summed E-state index contributed by atoms with van der Waals surface area (Å²) in [5, 5.41) is 0. The SMILES string of the molecule is O=S(=O)(c1ccccc1)N1CCOC12CCN(c1nc3cc(F)ccc3o1)CC2F. The minimum Gasteiger partial charge on any atom is -0.423 e. The molecular weight excluding hydrogens is 416 g/mol. The fourth-order valence-electron chi connectivity index (χ4n) is 4.13. The molecule has 1 spiro atoms. The second kappa shape index (κ2) is 7.00. The zero-order valence-electron chi connectivity index (χ0n) is 15.9. The average Bonchev–Trinajstić information content (AvgIpc) is 3.36. The van der Waals surface area contributed by atoms with E-state index >= 15 is 4.39 Å². The van der Waals surface area contributed by atoms with Gasteiger partial charge in [-0.2, -0.15) is 9.29 Å². The van der Waals surface area contributed by atoms with E-state index in [0.717, 1.165) is 4.31 Å². The lowest BCUT2D eigenvalue weighted by Crippen LogP contribution is -2.62. The highest BCUT2D eigenvalue weighted by Crippen LogP contribution is 2.41. The number of alkyl halides is 1. The number of nitrogens with zero attached hydrogens (tertiary/aromatic N) is 3. The van der Waals surface area contributed by atoms with Crippen molar-refractivity contribution in [1.82, 2.24) is 9.29 Å². The summed E-state index contributed by atoms with van der Waals surface area (Å²) < 4.78 is 67.7. The number of hydrogen-bond donors (Lipinski definition) is 0. The summed E-state index contributed by atoms with van der Waals surface area (Å²) in [6.07, 6.45) is -1.52. The summed E-state index contributed by atoms with van der Waals surface area (Å²) in [5.74, 6) is -0.440. The van der Waals surface area contributed by atoms with Crippen molar-refractivity contribution in [2.45, 2.75) is 23.2 Å². The number of ether oxygens (including phenoxy) is 1. The van der Waals surface area contributed by atoms with Gasteiger partial charge >= 0.3 is 0 Å². The van der Waals surface area contributed by atoms with Crippen LogP contribution >= 0.6 is 0 Å². The normalized spacial score (nSPS) is 25.4. The largest absolute Gasteiger partial charge is 0.423 e. The standard InChI is InChI=1S/C20H19F2N3O4S/c21-14-6-7-17-16(12-14)23-19(29-17)24-9-8-20(18(22)13-24)25(10-11-28-20)30(26,27)15-4-2-1-3-5-15/h1-7,12,18H,8-11,13H2. The quantitative estimate of drug-likeness (QED) is 0.630. The lowest BCUT2D eigenvalue weighted by molar-refractivity contribution is -0.116. The maximum Gasteiger partial charge on any atom is 0.298 e. The molecule has 5 rings (SSSR count). The lowest BCUT2D eigenvalue weighted by atomic mass is 9.99. The third-order valence-corrected chi connectivity index (χ3v) is 7.56. The molecule has 2 aliphatic heterocycles. The first-order valence-corrected chi connectivity index (χ1v) is 11.0. The topological polar surface area (TPSA) is 75.9 Å². The third kappa shape index (κ3) is 2.98. The van der Waals surface area contributed by atoms with Crippen LogP contribution in [0.1, 0.15) is 6.42 Å². The van der Waals surface area contributed by atoms with Crippen LogP contribution in [0.15, 0.2) is 57.8 Å². The summed E-state index contributed by atoms with van der Waals surface area (Å²) in [7, 11) is -3.92. The molecule has 0 saturated carbocycles. The molecule has 0 radical (unpaired) electrons. The van der Waals surface area contributed by atoms with Gasteiger partial charge in [-0.1, -0.05) is 18.2 Å². The van der Waals surface area contributed by atoms with Crippen LogP contribution in [-0.4, -0.2) is 55.8 Å². The molecule has 2 aliphatic rings. The van der Waals surface area contributed by atoms with Gasteiger partial charge in [0.25, 0.3) is 6.01 Å². The summed E-state index contributed by atoms with van der Waals surface area (Å²) in [6, 6.07) is 12.1. The zero-order valence-corrected chi connectivity index (χ0v) is 16.7. The molecule has 2 unspecified atom stereocenters. The van der Waals surface area contributed by atoms with E-state index in [0.29, 0.717) is 11.1 Å². The zero-order chi connectivity index (χ0) is 20.9. The predicted molar refractivity (Wildman–Crippen MR) is 105 cm³/mol. The Bertz CT molecular complexity index is 1190. The van der Waals surface area contributed by atoms with Crippen molar-refractivity contribution in [3.05, 3.63) is 54.3 Å². The van der Waals surface area contributed by atoms with Gasteiger partial charge in [-0.25, -0.2) is 17.2 Å². The Labute approximate surface area is 171 Å². The maximum absolute atomic E-state index is 15.5. The van der Waals surface area contributed by atoms with Crippen LogP contribution in [0, 0.1) is 5.82 Å². The van der Waals surface area contributed by atoms with E-state index in [2.05, 4.69) is 4.98 Å². The molecular formula is C20H19F2N3O4S. The first-order valence-electron chi connectivity index (χ1n) is 9.57. The lowest BCUT2D eigenvalue weighted by Gasteiger charge is -2.44. The van der Waals surface area contributed by atoms with Crippen LogP contribution in [0.3, 0.4) is 0 Å².